The number of phenols is 1. The Hall–Kier alpha value is -1.79. The van der Waals surface area contributed by atoms with Crippen LogP contribution in [0.3, 0.4) is 0 Å². The molecule has 1 fully saturated rings. The largest absolute Gasteiger partial charge is 0.508 e. The minimum absolute atomic E-state index is 0.204. The second-order valence-electron chi connectivity index (χ2n) is 6.71. The Labute approximate surface area is 131 Å². The molecule has 0 aliphatic heterocycles. The van der Waals surface area contributed by atoms with Gasteiger partial charge in [0, 0.05) is 11.8 Å². The van der Waals surface area contributed by atoms with E-state index < -0.39 is 5.60 Å². The Morgan fingerprint density at radius 2 is 2.23 bits per heavy atom. The van der Waals surface area contributed by atoms with E-state index >= 15 is 0 Å². The molecule has 3 rings (SSSR count). The normalized spacial score (nSPS) is 33.1. The van der Waals surface area contributed by atoms with E-state index in [9.17, 15) is 15.0 Å². The first-order valence-corrected chi connectivity index (χ1v) is 7.95. The summed E-state index contributed by atoms with van der Waals surface area (Å²) in [5, 5.41) is 20.4. The molecule has 3 heteroatoms. The van der Waals surface area contributed by atoms with Crippen LogP contribution in [0, 0.1) is 17.8 Å². The lowest BCUT2D eigenvalue weighted by Gasteiger charge is -2.51. The Balaban J connectivity index is 2.04. The topological polar surface area (TPSA) is 57.5 Å². The van der Waals surface area contributed by atoms with Crippen LogP contribution in [0.1, 0.15) is 50.2 Å². The maximum absolute atomic E-state index is 11.3. The van der Waals surface area contributed by atoms with Crippen molar-refractivity contribution in [3.05, 3.63) is 29.3 Å². The molecule has 2 aliphatic carbocycles. The highest BCUT2D eigenvalue weighted by molar-refractivity contribution is 5.56. The number of carbonyl (C=O) groups is 1. The van der Waals surface area contributed by atoms with Crippen molar-refractivity contribution in [2.75, 3.05) is 0 Å². The summed E-state index contributed by atoms with van der Waals surface area (Å²) in [6, 6.07) is 5.50. The number of aromatic hydroxyl groups is 1. The molecule has 0 heterocycles. The smallest absolute Gasteiger partial charge is 0.125 e. The average molecular weight is 298 g/mol. The Morgan fingerprint density at radius 1 is 1.41 bits per heavy atom. The molecule has 0 amide bonds. The van der Waals surface area contributed by atoms with Gasteiger partial charge in [-0.05, 0) is 68.2 Å². The van der Waals surface area contributed by atoms with Crippen LogP contribution in [-0.4, -0.2) is 22.1 Å². The van der Waals surface area contributed by atoms with Crippen molar-refractivity contribution in [3.8, 4) is 17.6 Å². The first kappa shape index (κ1) is 15.1. The Kier molecular flexibility index (Phi) is 3.74. The second kappa shape index (κ2) is 5.44. The predicted octanol–water partition coefficient (Wildman–Crippen LogP) is 2.72. The van der Waals surface area contributed by atoms with Crippen molar-refractivity contribution in [3.63, 3.8) is 0 Å². The SMILES string of the molecule is CC#C[C@@]1(O)CC[C@@]2(CC=O)c3ccc(O)cc3CC[C@@H]2C1. The third-order valence-electron chi connectivity index (χ3n) is 5.54. The van der Waals surface area contributed by atoms with E-state index in [1.807, 2.05) is 12.1 Å². The molecule has 0 radical (unpaired) electrons. The maximum atomic E-state index is 11.3. The summed E-state index contributed by atoms with van der Waals surface area (Å²) in [6.45, 7) is 1.75. The van der Waals surface area contributed by atoms with Crippen LogP contribution in [0.25, 0.3) is 0 Å². The van der Waals surface area contributed by atoms with Crippen molar-refractivity contribution in [1.82, 2.24) is 0 Å². The number of rotatable bonds is 2. The molecule has 0 aromatic heterocycles. The molecule has 2 aliphatic rings. The van der Waals surface area contributed by atoms with Crippen LogP contribution < -0.4 is 0 Å². The standard InChI is InChI=1S/C19H22O3/c1-2-7-18(22)8-9-19(10-11-20)15(13-18)4-3-14-12-16(21)5-6-17(14)19/h5-6,11-12,15,21-22H,3-4,8-10,13H2,1H3/t15-,18-,19+/m1/s1. The molecular weight excluding hydrogens is 276 g/mol. The molecule has 0 unspecified atom stereocenters. The zero-order valence-corrected chi connectivity index (χ0v) is 12.9. The third kappa shape index (κ3) is 2.32. The van der Waals surface area contributed by atoms with Gasteiger partial charge < -0.3 is 15.0 Å². The van der Waals surface area contributed by atoms with E-state index in [2.05, 4.69) is 11.8 Å². The number of hydrogen-bond donors (Lipinski definition) is 2. The van der Waals surface area contributed by atoms with Crippen LogP contribution in [0.15, 0.2) is 18.2 Å². The lowest BCUT2D eigenvalue weighted by Crippen LogP contribution is -2.49. The van der Waals surface area contributed by atoms with Gasteiger partial charge in [-0.1, -0.05) is 12.0 Å². The van der Waals surface area contributed by atoms with E-state index in [4.69, 9.17) is 0 Å². The Bertz CT molecular complexity index is 654. The number of carbonyl (C=O) groups excluding carboxylic acids is 1. The van der Waals surface area contributed by atoms with E-state index in [0.29, 0.717) is 19.3 Å². The number of phenolic OH excluding ortho intramolecular Hbond substituents is 1. The quantitative estimate of drug-likeness (QED) is 0.652. The van der Waals surface area contributed by atoms with Gasteiger partial charge in [-0.2, -0.15) is 0 Å². The molecule has 1 saturated carbocycles. The van der Waals surface area contributed by atoms with E-state index in [1.54, 1.807) is 13.0 Å². The molecule has 1 aromatic rings. The number of aldehydes is 1. The van der Waals surface area contributed by atoms with Crippen molar-refractivity contribution in [1.29, 1.82) is 0 Å². The van der Waals surface area contributed by atoms with Crippen LogP contribution in [-0.2, 0) is 16.6 Å². The van der Waals surface area contributed by atoms with Gasteiger partial charge in [-0.25, -0.2) is 0 Å². The van der Waals surface area contributed by atoms with Gasteiger partial charge in [0.1, 0.15) is 17.6 Å². The summed E-state index contributed by atoms with van der Waals surface area (Å²) in [5.41, 5.74) is 1.20. The molecule has 0 spiro atoms. The molecule has 2 N–H and O–H groups in total. The van der Waals surface area contributed by atoms with Crippen molar-refractivity contribution < 1.29 is 15.0 Å². The van der Waals surface area contributed by atoms with Gasteiger partial charge in [0.2, 0.25) is 0 Å². The molecular formula is C19H22O3. The molecule has 3 nitrogen and oxygen atoms in total. The van der Waals surface area contributed by atoms with E-state index in [0.717, 1.165) is 31.1 Å². The molecule has 22 heavy (non-hydrogen) atoms. The van der Waals surface area contributed by atoms with Crippen LogP contribution in [0.5, 0.6) is 5.75 Å². The summed E-state index contributed by atoms with van der Waals surface area (Å²) < 4.78 is 0. The molecule has 0 bridgehead atoms. The fourth-order valence-corrected chi connectivity index (χ4v) is 4.55. The molecule has 1 aromatic carbocycles. The monoisotopic (exact) mass is 298 g/mol. The summed E-state index contributed by atoms with van der Waals surface area (Å²) in [5.74, 6) is 6.34. The van der Waals surface area contributed by atoms with Crippen molar-refractivity contribution in [2.24, 2.45) is 5.92 Å². The first-order chi connectivity index (χ1) is 10.5. The fraction of sp³-hybridized carbons (Fsp3) is 0.526. The number of aliphatic hydroxyl groups is 1. The van der Waals surface area contributed by atoms with Gasteiger partial charge >= 0.3 is 0 Å². The summed E-state index contributed by atoms with van der Waals surface area (Å²) in [4.78, 5) is 11.3. The van der Waals surface area contributed by atoms with Gasteiger partial charge in [0.05, 0.1) is 0 Å². The number of hydrogen-bond acceptors (Lipinski definition) is 3. The van der Waals surface area contributed by atoms with Crippen LogP contribution in [0.2, 0.25) is 0 Å². The van der Waals surface area contributed by atoms with Gasteiger partial charge in [-0.3, -0.25) is 0 Å². The van der Waals surface area contributed by atoms with Gasteiger partial charge in [0.15, 0.2) is 0 Å². The fourth-order valence-electron chi connectivity index (χ4n) is 4.55. The number of aryl methyl sites for hydroxylation is 1. The number of fused-ring (bicyclic) bond motifs is 3. The maximum Gasteiger partial charge on any atom is 0.125 e. The molecule has 3 atom stereocenters. The second-order valence-corrected chi connectivity index (χ2v) is 6.71. The predicted molar refractivity (Wildman–Crippen MR) is 84.5 cm³/mol. The molecule has 0 saturated heterocycles. The highest BCUT2D eigenvalue weighted by Gasteiger charge is 2.51. The minimum Gasteiger partial charge on any atom is -0.508 e. The highest BCUT2D eigenvalue weighted by Crippen LogP contribution is 2.54. The van der Waals surface area contributed by atoms with Crippen molar-refractivity contribution in [2.45, 2.75) is 56.5 Å². The Morgan fingerprint density at radius 3 is 2.95 bits per heavy atom. The first-order valence-electron chi connectivity index (χ1n) is 7.95. The molecule has 116 valence electrons. The third-order valence-corrected chi connectivity index (χ3v) is 5.54. The summed E-state index contributed by atoms with van der Waals surface area (Å²) in [7, 11) is 0. The van der Waals surface area contributed by atoms with E-state index in [1.165, 1.54) is 5.56 Å². The van der Waals surface area contributed by atoms with Gasteiger partial charge in [0.25, 0.3) is 0 Å². The zero-order chi connectivity index (χ0) is 15.8. The minimum atomic E-state index is -0.916. The highest BCUT2D eigenvalue weighted by atomic mass is 16.3. The zero-order valence-electron chi connectivity index (χ0n) is 12.9. The lowest BCUT2D eigenvalue weighted by molar-refractivity contribution is -0.111. The van der Waals surface area contributed by atoms with Crippen LogP contribution >= 0.6 is 0 Å². The van der Waals surface area contributed by atoms with Crippen molar-refractivity contribution >= 4 is 6.29 Å². The van der Waals surface area contributed by atoms with Gasteiger partial charge in [-0.15, -0.1) is 5.92 Å². The lowest BCUT2D eigenvalue weighted by atomic mass is 9.53. The summed E-state index contributed by atoms with van der Waals surface area (Å²) >= 11 is 0. The van der Waals surface area contributed by atoms with E-state index in [-0.39, 0.29) is 17.1 Å². The average Bonchev–Trinajstić information content (AvgIpc) is 2.48. The number of benzene rings is 1. The van der Waals surface area contributed by atoms with Crippen LogP contribution in [0.4, 0.5) is 0 Å². The summed E-state index contributed by atoms with van der Waals surface area (Å²) in [6.07, 6.45) is 5.28.